The van der Waals surface area contributed by atoms with Crippen LogP contribution in [0.2, 0.25) is 0 Å². The van der Waals surface area contributed by atoms with E-state index in [1.165, 1.54) is 42.6 Å². The van der Waals surface area contributed by atoms with E-state index < -0.39 is 0 Å². The van der Waals surface area contributed by atoms with Crippen molar-refractivity contribution < 1.29 is 14.3 Å². The van der Waals surface area contributed by atoms with Gasteiger partial charge in [0.05, 0.1) is 19.5 Å². The number of aromatic nitrogens is 2. The first-order valence-electron chi connectivity index (χ1n) is 5.77. The normalized spacial score (nSPS) is 15.0. The highest BCUT2D eigenvalue weighted by molar-refractivity contribution is 6.06. The Bertz CT molecular complexity index is 535. The first-order chi connectivity index (χ1) is 9.20. The van der Waals surface area contributed by atoms with Crippen molar-refractivity contribution in [1.29, 1.82) is 0 Å². The van der Waals surface area contributed by atoms with Gasteiger partial charge in [0.25, 0.3) is 11.8 Å². The van der Waals surface area contributed by atoms with Gasteiger partial charge >= 0.3 is 0 Å². The molecule has 6 heteroatoms. The third kappa shape index (κ3) is 3.25. The molecule has 0 unspecified atom stereocenters. The van der Waals surface area contributed by atoms with Crippen LogP contribution in [-0.2, 0) is 9.59 Å². The lowest BCUT2D eigenvalue weighted by Crippen LogP contribution is -2.37. The van der Waals surface area contributed by atoms with Crippen molar-refractivity contribution in [3.05, 3.63) is 36.4 Å². The van der Waals surface area contributed by atoms with Crippen molar-refractivity contribution in [3.8, 4) is 5.75 Å². The van der Waals surface area contributed by atoms with Gasteiger partial charge in [0, 0.05) is 12.6 Å². The minimum atomic E-state index is -0.367. The summed E-state index contributed by atoms with van der Waals surface area (Å²) in [7, 11) is 1.52. The van der Waals surface area contributed by atoms with Gasteiger partial charge in [-0.3, -0.25) is 14.5 Å². The third-order valence-corrected chi connectivity index (χ3v) is 2.57. The molecule has 2 rings (SSSR count). The molecule has 2 amide bonds. The fraction of sp³-hybridized carbons (Fsp3) is 0.231. The number of ether oxygens (including phenoxy) is 1. The Morgan fingerprint density at radius 2 is 2.16 bits per heavy atom. The highest BCUT2D eigenvalue weighted by Crippen LogP contribution is 2.07. The average Bonchev–Trinajstić information content (AvgIpc) is 2.46. The van der Waals surface area contributed by atoms with Crippen molar-refractivity contribution in [3.63, 3.8) is 0 Å². The highest BCUT2D eigenvalue weighted by Gasteiger charge is 2.18. The van der Waals surface area contributed by atoms with Crippen LogP contribution in [0.5, 0.6) is 5.75 Å². The summed E-state index contributed by atoms with van der Waals surface area (Å²) in [4.78, 5) is 32.4. The summed E-state index contributed by atoms with van der Waals surface area (Å²) >= 11 is 0. The molecule has 0 atom stereocenters. The van der Waals surface area contributed by atoms with Gasteiger partial charge in [-0.05, 0) is 18.6 Å². The van der Waals surface area contributed by atoms with Crippen LogP contribution in [0.4, 0.5) is 0 Å². The number of carbonyl (C=O) groups is 2. The molecule has 0 radical (unpaired) electrons. The lowest BCUT2D eigenvalue weighted by atomic mass is 10.2. The summed E-state index contributed by atoms with van der Waals surface area (Å²) in [5, 5.41) is 0. The predicted octanol–water partition coefficient (Wildman–Crippen LogP) is 0.814. The molecule has 98 valence electrons. The van der Waals surface area contributed by atoms with Gasteiger partial charge in [-0.25, -0.2) is 9.97 Å². The van der Waals surface area contributed by atoms with E-state index in [2.05, 4.69) is 9.97 Å². The molecule has 0 bridgehead atoms. The standard InChI is InChI=1S/C13H13N3O3/c1-19-10-8-14-11(15-9-10)5-6-13(18)16-7-3-2-4-12(16)17/h2,4-6,8-9H,3,7H2,1H3. The second kappa shape index (κ2) is 5.90. The van der Waals surface area contributed by atoms with E-state index in [-0.39, 0.29) is 11.8 Å². The first-order valence-corrected chi connectivity index (χ1v) is 5.77. The van der Waals surface area contributed by atoms with Crippen LogP contribution in [0, 0.1) is 0 Å². The Morgan fingerprint density at radius 1 is 1.42 bits per heavy atom. The van der Waals surface area contributed by atoms with Crippen molar-refractivity contribution in [2.45, 2.75) is 6.42 Å². The number of nitrogens with zero attached hydrogens (tertiary/aromatic N) is 3. The molecule has 1 aromatic rings. The van der Waals surface area contributed by atoms with E-state index in [0.717, 1.165) is 0 Å². The van der Waals surface area contributed by atoms with Crippen LogP contribution in [0.25, 0.3) is 6.08 Å². The summed E-state index contributed by atoms with van der Waals surface area (Å²) in [6, 6.07) is 0. The lowest BCUT2D eigenvalue weighted by molar-refractivity contribution is -0.139. The number of imide groups is 1. The highest BCUT2D eigenvalue weighted by atomic mass is 16.5. The van der Waals surface area contributed by atoms with E-state index in [9.17, 15) is 9.59 Å². The molecule has 0 aliphatic carbocycles. The molecule has 0 N–H and O–H groups in total. The van der Waals surface area contributed by atoms with Crippen LogP contribution >= 0.6 is 0 Å². The van der Waals surface area contributed by atoms with Gasteiger partial charge in [0.2, 0.25) is 0 Å². The van der Waals surface area contributed by atoms with Crippen LogP contribution < -0.4 is 4.74 Å². The van der Waals surface area contributed by atoms with Gasteiger partial charge < -0.3 is 4.74 Å². The molecule has 1 aliphatic heterocycles. The molecule has 0 aromatic carbocycles. The maximum absolute atomic E-state index is 11.8. The summed E-state index contributed by atoms with van der Waals surface area (Å²) in [5.41, 5.74) is 0. The minimum Gasteiger partial charge on any atom is -0.494 e. The summed E-state index contributed by atoms with van der Waals surface area (Å²) in [6.07, 6.45) is 9.61. The molecule has 6 nitrogen and oxygen atoms in total. The lowest BCUT2D eigenvalue weighted by Gasteiger charge is -2.19. The molecule has 0 saturated carbocycles. The van der Waals surface area contributed by atoms with Crippen LogP contribution in [0.1, 0.15) is 12.2 Å². The van der Waals surface area contributed by atoms with Crippen molar-refractivity contribution >= 4 is 17.9 Å². The van der Waals surface area contributed by atoms with E-state index in [1.54, 1.807) is 6.08 Å². The van der Waals surface area contributed by atoms with Crippen molar-refractivity contribution in [2.24, 2.45) is 0 Å². The molecule has 0 spiro atoms. The zero-order valence-electron chi connectivity index (χ0n) is 10.4. The third-order valence-electron chi connectivity index (χ3n) is 2.57. The summed E-state index contributed by atoms with van der Waals surface area (Å²) < 4.78 is 4.93. The van der Waals surface area contributed by atoms with Gasteiger partial charge in [0.15, 0.2) is 11.6 Å². The van der Waals surface area contributed by atoms with E-state index in [1.807, 2.05) is 0 Å². The summed E-state index contributed by atoms with van der Waals surface area (Å²) in [5.74, 6) is 0.263. The number of carbonyl (C=O) groups excluding carboxylic acids is 2. The SMILES string of the molecule is COc1cnc(C=CC(=O)N2CCC=CC2=O)nc1. The monoisotopic (exact) mass is 259 g/mol. The predicted molar refractivity (Wildman–Crippen MR) is 68.1 cm³/mol. The maximum atomic E-state index is 11.8. The molecular weight excluding hydrogens is 246 g/mol. The van der Waals surface area contributed by atoms with E-state index in [4.69, 9.17) is 4.74 Å². The van der Waals surface area contributed by atoms with Crippen LogP contribution in [-0.4, -0.2) is 40.3 Å². The Hall–Kier alpha value is -2.50. The first kappa shape index (κ1) is 12.9. The van der Waals surface area contributed by atoms with Crippen molar-refractivity contribution in [1.82, 2.24) is 14.9 Å². The van der Waals surface area contributed by atoms with Gasteiger partial charge in [-0.1, -0.05) is 6.08 Å². The maximum Gasteiger partial charge on any atom is 0.253 e. The fourth-order valence-corrected chi connectivity index (χ4v) is 1.56. The average molecular weight is 259 g/mol. The molecule has 19 heavy (non-hydrogen) atoms. The Labute approximate surface area is 110 Å². The number of hydrogen-bond donors (Lipinski definition) is 0. The molecule has 0 fully saturated rings. The number of methoxy groups -OCH3 is 1. The molecular formula is C13H13N3O3. The van der Waals surface area contributed by atoms with E-state index >= 15 is 0 Å². The zero-order valence-corrected chi connectivity index (χ0v) is 10.4. The molecule has 2 heterocycles. The number of hydrogen-bond acceptors (Lipinski definition) is 5. The fourth-order valence-electron chi connectivity index (χ4n) is 1.56. The van der Waals surface area contributed by atoms with E-state index in [0.29, 0.717) is 24.5 Å². The smallest absolute Gasteiger partial charge is 0.253 e. The topological polar surface area (TPSA) is 72.4 Å². The number of rotatable bonds is 3. The Balaban J connectivity index is 2.03. The largest absolute Gasteiger partial charge is 0.494 e. The second-order valence-corrected chi connectivity index (χ2v) is 3.83. The minimum absolute atomic E-state index is 0.295. The van der Waals surface area contributed by atoms with Gasteiger partial charge in [-0.2, -0.15) is 0 Å². The number of amides is 2. The van der Waals surface area contributed by atoms with Crippen molar-refractivity contribution in [2.75, 3.05) is 13.7 Å². The van der Waals surface area contributed by atoms with Crippen LogP contribution in [0.15, 0.2) is 30.6 Å². The molecule has 1 aliphatic rings. The quantitative estimate of drug-likeness (QED) is 0.751. The van der Waals surface area contributed by atoms with Gasteiger partial charge in [-0.15, -0.1) is 0 Å². The van der Waals surface area contributed by atoms with Crippen LogP contribution in [0.3, 0.4) is 0 Å². The van der Waals surface area contributed by atoms with Gasteiger partial charge in [0.1, 0.15) is 0 Å². The summed E-state index contributed by atoms with van der Waals surface area (Å²) in [6.45, 7) is 0.405. The second-order valence-electron chi connectivity index (χ2n) is 3.83. The molecule has 0 saturated heterocycles. The Morgan fingerprint density at radius 3 is 2.79 bits per heavy atom. The Kier molecular flexibility index (Phi) is 4.02. The molecule has 1 aromatic heterocycles. The zero-order chi connectivity index (χ0) is 13.7.